The summed E-state index contributed by atoms with van der Waals surface area (Å²) >= 11 is 0. The van der Waals surface area contributed by atoms with E-state index in [-0.39, 0.29) is 36.2 Å². The van der Waals surface area contributed by atoms with E-state index < -0.39 is 24.3 Å². The third-order valence-electron chi connectivity index (χ3n) is 9.94. The number of hydrogen-bond acceptors (Lipinski definition) is 9. The summed E-state index contributed by atoms with van der Waals surface area (Å²) in [5.74, 6) is 0.0672. The topological polar surface area (TPSA) is 171 Å². The number of rotatable bonds is 19. The SMILES string of the molecule is C/C=C(\NC(C)CN(CCC)C(=O)[C@@H](NC(=O)OC)C(C)C)c1ccc(-c2ccc(-c3cnc(CN(CCC)C(=O)[C@@H](NC(=O)OC)C(C)C)n3C)cc2)cc1C#N.C=C.CC.CC. The summed E-state index contributed by atoms with van der Waals surface area (Å²) < 4.78 is 11.5. The zero-order valence-corrected chi connectivity index (χ0v) is 41.4. The fraction of sp³-hybridized carbons (Fsp3) is 0.520. The van der Waals surface area contributed by atoms with Crippen LogP contribution in [0, 0.1) is 23.2 Å². The van der Waals surface area contributed by atoms with E-state index in [9.17, 15) is 24.4 Å². The Morgan fingerprint density at radius 3 is 1.70 bits per heavy atom. The van der Waals surface area contributed by atoms with Crippen LogP contribution in [0.4, 0.5) is 9.59 Å². The molecule has 0 radical (unpaired) electrons. The lowest BCUT2D eigenvalue weighted by atomic mass is 9.96. The van der Waals surface area contributed by atoms with Gasteiger partial charge in [0.2, 0.25) is 11.8 Å². The van der Waals surface area contributed by atoms with Crippen LogP contribution in [0.2, 0.25) is 0 Å². The second-order valence-corrected chi connectivity index (χ2v) is 15.1. The molecule has 0 fully saturated rings. The standard InChI is InChI=1S/C44H62N8O6.2C2H6.C2H4/c1-12-21-51(41(53)39(28(4)5)48-43(55)57-10)26-30(8)47-36(14-3)35-20-19-33(23-34(35)24-45)31-15-17-32(18-16-31)37-25-46-38(50(37)9)27-52(22-13-2)42(54)40(29(6)7)49-44(56)58-11;3*1-2/h14-20,23,25,28-30,39-40,47H,12-13,21-22,26-27H2,1-11H3,(H,48,55)(H,49,56);2*1-2H3;1-2H2/b36-14-;;;/t30?,39-,40-;;;/m0.../s1. The number of amides is 4. The fourth-order valence-electron chi connectivity index (χ4n) is 6.77. The van der Waals surface area contributed by atoms with Crippen molar-refractivity contribution in [2.45, 2.75) is 121 Å². The summed E-state index contributed by atoms with van der Waals surface area (Å²) in [4.78, 5) is 59.3. The molecule has 1 heterocycles. The number of methoxy groups -OCH3 is 2. The van der Waals surface area contributed by atoms with Gasteiger partial charge in [0.25, 0.3) is 0 Å². The summed E-state index contributed by atoms with van der Waals surface area (Å²) in [5.41, 5.74) is 5.65. The molecular weight excluding hydrogens is 809 g/mol. The zero-order valence-electron chi connectivity index (χ0n) is 41.4. The van der Waals surface area contributed by atoms with Crippen LogP contribution >= 0.6 is 0 Å². The highest BCUT2D eigenvalue weighted by atomic mass is 16.5. The van der Waals surface area contributed by atoms with Crippen molar-refractivity contribution in [2.24, 2.45) is 18.9 Å². The number of aromatic nitrogens is 2. The predicted molar refractivity (Wildman–Crippen MR) is 260 cm³/mol. The van der Waals surface area contributed by atoms with E-state index in [4.69, 9.17) is 9.47 Å². The van der Waals surface area contributed by atoms with Crippen molar-refractivity contribution in [3.05, 3.63) is 84.8 Å². The third kappa shape index (κ3) is 16.9. The van der Waals surface area contributed by atoms with E-state index in [1.165, 1.54) is 14.2 Å². The van der Waals surface area contributed by atoms with Gasteiger partial charge < -0.3 is 39.8 Å². The Balaban J connectivity index is 0.00000633. The fourth-order valence-corrected chi connectivity index (χ4v) is 6.77. The molecule has 3 aromatic rings. The first kappa shape index (κ1) is 57.9. The van der Waals surface area contributed by atoms with Crippen LogP contribution in [-0.4, -0.2) is 95.3 Å². The summed E-state index contributed by atoms with van der Waals surface area (Å²) in [5, 5.41) is 19.1. The molecule has 1 unspecified atom stereocenters. The normalized spacial score (nSPS) is 12.0. The van der Waals surface area contributed by atoms with Crippen molar-refractivity contribution >= 4 is 29.7 Å². The highest BCUT2D eigenvalue weighted by Crippen LogP contribution is 2.29. The maximum absolute atomic E-state index is 13.6. The lowest BCUT2D eigenvalue weighted by Crippen LogP contribution is -2.53. The van der Waals surface area contributed by atoms with E-state index in [1.54, 1.807) is 16.0 Å². The van der Waals surface area contributed by atoms with Gasteiger partial charge in [-0.25, -0.2) is 14.6 Å². The van der Waals surface area contributed by atoms with E-state index in [0.29, 0.717) is 31.0 Å². The molecule has 0 saturated carbocycles. The van der Waals surface area contributed by atoms with Crippen molar-refractivity contribution in [2.75, 3.05) is 33.9 Å². The number of nitriles is 1. The molecule has 3 N–H and O–H groups in total. The molecule has 14 heteroatoms. The lowest BCUT2D eigenvalue weighted by molar-refractivity contribution is -0.135. The molecule has 0 aliphatic heterocycles. The molecule has 14 nitrogen and oxygen atoms in total. The number of allylic oxidation sites excluding steroid dienone is 1. The van der Waals surface area contributed by atoms with Gasteiger partial charge >= 0.3 is 12.2 Å². The maximum Gasteiger partial charge on any atom is 0.407 e. The van der Waals surface area contributed by atoms with Crippen LogP contribution in [0.15, 0.2) is 67.9 Å². The smallest absolute Gasteiger partial charge is 0.407 e. The van der Waals surface area contributed by atoms with Crippen molar-refractivity contribution in [3.63, 3.8) is 0 Å². The van der Waals surface area contributed by atoms with Gasteiger partial charge in [-0.2, -0.15) is 5.26 Å². The average molecular weight is 887 g/mol. The van der Waals surface area contributed by atoms with Gasteiger partial charge in [-0.1, -0.05) is 112 Å². The van der Waals surface area contributed by atoms with Crippen LogP contribution in [0.25, 0.3) is 28.1 Å². The van der Waals surface area contributed by atoms with Crippen molar-refractivity contribution in [3.8, 4) is 28.5 Å². The van der Waals surface area contributed by atoms with E-state index >= 15 is 0 Å². The van der Waals surface area contributed by atoms with Crippen LogP contribution in [0.3, 0.4) is 0 Å². The highest BCUT2D eigenvalue weighted by Gasteiger charge is 2.31. The molecule has 0 aliphatic carbocycles. The monoisotopic (exact) mass is 887 g/mol. The molecule has 0 saturated heterocycles. The Kier molecular flexibility index (Phi) is 27.9. The summed E-state index contributed by atoms with van der Waals surface area (Å²) in [7, 11) is 4.47. The van der Waals surface area contributed by atoms with Gasteiger partial charge in [0.05, 0.1) is 44.3 Å². The first-order valence-corrected chi connectivity index (χ1v) is 22.5. The molecule has 0 bridgehead atoms. The number of benzene rings is 2. The molecule has 0 aliphatic rings. The van der Waals surface area contributed by atoms with Gasteiger partial charge in [0, 0.05) is 44.0 Å². The number of ether oxygens (including phenoxy) is 2. The first-order valence-electron chi connectivity index (χ1n) is 22.5. The minimum absolute atomic E-state index is 0.135. The van der Waals surface area contributed by atoms with Crippen molar-refractivity contribution < 1.29 is 28.7 Å². The van der Waals surface area contributed by atoms with Gasteiger partial charge in [-0.05, 0) is 61.3 Å². The zero-order chi connectivity index (χ0) is 49.1. The minimum Gasteiger partial charge on any atom is -0.453 e. The van der Waals surface area contributed by atoms with Gasteiger partial charge in [-0.3, -0.25) is 9.59 Å². The van der Waals surface area contributed by atoms with Crippen LogP contribution in [0.1, 0.15) is 113 Å². The first-order chi connectivity index (χ1) is 30.6. The van der Waals surface area contributed by atoms with Crippen LogP contribution in [0.5, 0.6) is 0 Å². The number of imidazole rings is 1. The molecule has 354 valence electrons. The van der Waals surface area contributed by atoms with Crippen LogP contribution < -0.4 is 16.0 Å². The number of carbonyl (C=O) groups is 4. The lowest BCUT2D eigenvalue weighted by Gasteiger charge is -2.32. The summed E-state index contributed by atoms with van der Waals surface area (Å²) in [6, 6.07) is 14.6. The maximum atomic E-state index is 13.6. The molecule has 0 spiro atoms. The Morgan fingerprint density at radius 1 is 0.781 bits per heavy atom. The van der Waals surface area contributed by atoms with Gasteiger partial charge in [0.15, 0.2) is 0 Å². The Labute approximate surface area is 384 Å². The molecule has 1 aromatic heterocycles. The minimum atomic E-state index is -0.730. The molecule has 3 rings (SSSR count). The average Bonchev–Trinajstić information content (AvgIpc) is 3.68. The second-order valence-electron chi connectivity index (χ2n) is 15.1. The molecule has 3 atom stereocenters. The number of carbonyl (C=O) groups excluding carboxylic acids is 4. The second kappa shape index (κ2) is 30.9. The quantitative estimate of drug-likeness (QED) is 0.0992. The number of hydrogen-bond donors (Lipinski definition) is 3. The Morgan fingerprint density at radius 2 is 1.25 bits per heavy atom. The van der Waals surface area contributed by atoms with Crippen LogP contribution in [-0.2, 0) is 32.7 Å². The number of alkyl carbamates (subject to hydrolysis) is 2. The van der Waals surface area contributed by atoms with Crippen molar-refractivity contribution in [1.82, 2.24) is 35.3 Å². The summed E-state index contributed by atoms with van der Waals surface area (Å²) in [6.07, 6.45) is 3.91. The van der Waals surface area contributed by atoms with Crippen molar-refractivity contribution in [1.29, 1.82) is 5.26 Å². The molecule has 2 aromatic carbocycles. The summed E-state index contributed by atoms with van der Waals surface area (Å²) in [6.45, 7) is 31.1. The molecular formula is C50H78N8O6. The molecule has 4 amide bonds. The largest absolute Gasteiger partial charge is 0.453 e. The van der Waals surface area contributed by atoms with E-state index in [0.717, 1.165) is 46.5 Å². The third-order valence-corrected chi connectivity index (χ3v) is 9.94. The van der Waals surface area contributed by atoms with Gasteiger partial charge in [-0.15, -0.1) is 13.2 Å². The number of nitrogens with one attached hydrogen (secondary N) is 3. The number of nitrogens with zero attached hydrogens (tertiary/aromatic N) is 5. The van der Waals surface area contributed by atoms with E-state index in [2.05, 4.69) is 40.2 Å². The molecule has 64 heavy (non-hydrogen) atoms. The Hall–Kier alpha value is -6.10. The highest BCUT2D eigenvalue weighted by molar-refractivity contribution is 5.87. The Bertz CT molecular complexity index is 1950. The van der Waals surface area contributed by atoms with E-state index in [1.807, 2.05) is 143 Å². The van der Waals surface area contributed by atoms with Gasteiger partial charge in [0.1, 0.15) is 17.9 Å². The predicted octanol–water partition coefficient (Wildman–Crippen LogP) is 9.56.